The number of aryl methyl sites for hydroxylation is 1. The van der Waals surface area contributed by atoms with Gasteiger partial charge in [-0.15, -0.1) is 0 Å². The Bertz CT molecular complexity index is 1110. The van der Waals surface area contributed by atoms with E-state index in [1.54, 1.807) is 24.0 Å². The van der Waals surface area contributed by atoms with Crippen molar-refractivity contribution in [1.82, 2.24) is 9.80 Å². The molecule has 2 amide bonds. The molecular formula is C23H23N3O6. The number of nitro benzene ring substituents is 1. The Morgan fingerprint density at radius 2 is 1.72 bits per heavy atom. The quantitative estimate of drug-likeness (QED) is 0.538. The van der Waals surface area contributed by atoms with Gasteiger partial charge < -0.3 is 19.3 Å². The molecule has 0 radical (unpaired) electrons. The summed E-state index contributed by atoms with van der Waals surface area (Å²) in [4.78, 5) is 40.0. The van der Waals surface area contributed by atoms with Gasteiger partial charge in [0, 0.05) is 49.3 Å². The third-order valence-electron chi connectivity index (χ3n) is 6.46. The van der Waals surface area contributed by atoms with Crippen molar-refractivity contribution in [3.05, 3.63) is 63.2 Å². The van der Waals surface area contributed by atoms with Crippen molar-refractivity contribution in [1.29, 1.82) is 0 Å². The lowest BCUT2D eigenvalue weighted by molar-refractivity contribution is -0.385. The number of carbonyl (C=O) groups is 2. The standard InChI is InChI=1S/C23H23N3O6/c1-14-2-3-16(10-19(14)26(29)30)22(27)24-6-8-25(9-7-24)23(28)18-12-17(18)15-4-5-20-21(11-15)32-13-31-20/h2-5,10-11,17-18H,6-9,12-13H2,1H3. The van der Waals surface area contributed by atoms with Gasteiger partial charge in [-0.05, 0) is 43.0 Å². The molecule has 0 N–H and O–H groups in total. The minimum atomic E-state index is -0.477. The molecule has 2 aliphatic heterocycles. The van der Waals surface area contributed by atoms with E-state index in [0.29, 0.717) is 37.3 Å². The molecule has 2 atom stereocenters. The molecule has 1 saturated carbocycles. The van der Waals surface area contributed by atoms with Crippen LogP contribution in [-0.4, -0.2) is 59.5 Å². The SMILES string of the molecule is Cc1ccc(C(=O)N2CCN(C(=O)C3CC3c3ccc4c(c3)OCO4)CC2)cc1[N+](=O)[O-]. The van der Waals surface area contributed by atoms with Crippen molar-refractivity contribution in [2.24, 2.45) is 5.92 Å². The van der Waals surface area contributed by atoms with Gasteiger partial charge in [0.1, 0.15) is 0 Å². The van der Waals surface area contributed by atoms with Crippen molar-refractivity contribution < 1.29 is 24.0 Å². The number of rotatable bonds is 4. The van der Waals surface area contributed by atoms with E-state index < -0.39 is 4.92 Å². The Morgan fingerprint density at radius 1 is 1.00 bits per heavy atom. The summed E-state index contributed by atoms with van der Waals surface area (Å²) >= 11 is 0. The molecule has 0 bridgehead atoms. The maximum atomic E-state index is 13.0. The monoisotopic (exact) mass is 437 g/mol. The van der Waals surface area contributed by atoms with Crippen LogP contribution in [0.4, 0.5) is 5.69 Å². The van der Waals surface area contributed by atoms with Gasteiger partial charge in [0.05, 0.1) is 4.92 Å². The van der Waals surface area contributed by atoms with Crippen LogP contribution in [0.25, 0.3) is 0 Å². The smallest absolute Gasteiger partial charge is 0.273 e. The van der Waals surface area contributed by atoms with Crippen molar-refractivity contribution in [2.75, 3.05) is 33.0 Å². The first-order valence-electron chi connectivity index (χ1n) is 10.6. The topological polar surface area (TPSA) is 102 Å². The zero-order valence-electron chi connectivity index (χ0n) is 17.7. The summed E-state index contributed by atoms with van der Waals surface area (Å²) in [6, 6.07) is 10.4. The van der Waals surface area contributed by atoms with E-state index in [2.05, 4.69) is 0 Å². The minimum Gasteiger partial charge on any atom is -0.454 e. The molecule has 3 aliphatic rings. The van der Waals surface area contributed by atoms with Crippen molar-refractivity contribution >= 4 is 17.5 Å². The largest absolute Gasteiger partial charge is 0.454 e. The number of fused-ring (bicyclic) bond motifs is 1. The molecule has 2 heterocycles. The van der Waals surface area contributed by atoms with Gasteiger partial charge in [-0.1, -0.05) is 12.1 Å². The molecule has 9 heteroatoms. The number of benzene rings is 2. The van der Waals surface area contributed by atoms with Crippen LogP contribution < -0.4 is 9.47 Å². The maximum absolute atomic E-state index is 13.0. The highest BCUT2D eigenvalue weighted by atomic mass is 16.7. The second kappa shape index (κ2) is 7.81. The summed E-state index contributed by atoms with van der Waals surface area (Å²) in [6.45, 7) is 3.61. The molecule has 0 aromatic heterocycles. The highest BCUT2D eigenvalue weighted by molar-refractivity contribution is 5.95. The first-order chi connectivity index (χ1) is 15.4. The van der Waals surface area contributed by atoms with Gasteiger partial charge in [0.15, 0.2) is 11.5 Å². The van der Waals surface area contributed by atoms with E-state index in [-0.39, 0.29) is 36.1 Å². The zero-order chi connectivity index (χ0) is 22.4. The van der Waals surface area contributed by atoms with Gasteiger partial charge >= 0.3 is 0 Å². The van der Waals surface area contributed by atoms with E-state index in [1.807, 2.05) is 23.1 Å². The van der Waals surface area contributed by atoms with Gasteiger partial charge in [-0.25, -0.2) is 0 Å². The van der Waals surface area contributed by atoms with E-state index >= 15 is 0 Å². The average Bonchev–Trinajstić information content (AvgIpc) is 3.47. The van der Waals surface area contributed by atoms with Crippen LogP contribution in [-0.2, 0) is 4.79 Å². The maximum Gasteiger partial charge on any atom is 0.273 e. The number of ether oxygens (including phenoxy) is 2. The molecule has 2 unspecified atom stereocenters. The lowest BCUT2D eigenvalue weighted by atomic mass is 10.1. The molecule has 2 fully saturated rings. The molecule has 0 spiro atoms. The lowest BCUT2D eigenvalue weighted by Gasteiger charge is -2.35. The molecule has 2 aromatic carbocycles. The second-order valence-corrected chi connectivity index (χ2v) is 8.44. The first-order valence-corrected chi connectivity index (χ1v) is 10.6. The number of piperazine rings is 1. The van der Waals surface area contributed by atoms with Crippen molar-refractivity contribution in [3.8, 4) is 11.5 Å². The number of hydrogen-bond donors (Lipinski definition) is 0. The van der Waals surface area contributed by atoms with E-state index in [1.165, 1.54) is 6.07 Å². The third kappa shape index (κ3) is 3.63. The summed E-state index contributed by atoms with van der Waals surface area (Å²) in [6.07, 6.45) is 0.810. The highest BCUT2D eigenvalue weighted by Gasteiger charge is 2.46. The first kappa shape index (κ1) is 20.3. The van der Waals surface area contributed by atoms with Gasteiger partial charge in [0.25, 0.3) is 11.6 Å². The van der Waals surface area contributed by atoms with Crippen LogP contribution in [0.15, 0.2) is 36.4 Å². The van der Waals surface area contributed by atoms with Gasteiger partial charge in [-0.2, -0.15) is 0 Å². The molecule has 2 aromatic rings. The molecule has 9 nitrogen and oxygen atoms in total. The van der Waals surface area contributed by atoms with Crippen LogP contribution in [0, 0.1) is 23.0 Å². The van der Waals surface area contributed by atoms with Crippen LogP contribution in [0.1, 0.15) is 33.8 Å². The number of nitrogens with zero attached hydrogens (tertiary/aromatic N) is 3. The van der Waals surface area contributed by atoms with Crippen molar-refractivity contribution in [2.45, 2.75) is 19.3 Å². The fourth-order valence-electron chi connectivity index (χ4n) is 4.47. The van der Waals surface area contributed by atoms with E-state index in [4.69, 9.17) is 9.47 Å². The lowest BCUT2D eigenvalue weighted by Crippen LogP contribution is -2.51. The average molecular weight is 437 g/mol. The normalized spacial score (nSPS) is 21.4. The summed E-state index contributed by atoms with van der Waals surface area (Å²) in [5.41, 5.74) is 1.84. The molecular weight excluding hydrogens is 414 g/mol. The molecule has 5 rings (SSSR count). The Labute approximate surface area is 184 Å². The molecule has 1 aliphatic carbocycles. The third-order valence-corrected chi connectivity index (χ3v) is 6.46. The molecule has 166 valence electrons. The summed E-state index contributed by atoms with van der Waals surface area (Å²) in [5, 5.41) is 11.2. The Kier molecular flexibility index (Phi) is 4.96. The fraction of sp³-hybridized carbons (Fsp3) is 0.391. The Hall–Kier alpha value is -3.62. The van der Waals surface area contributed by atoms with Gasteiger partial charge in [-0.3, -0.25) is 19.7 Å². The summed E-state index contributed by atoms with van der Waals surface area (Å²) < 4.78 is 10.8. The Balaban J connectivity index is 1.18. The van der Waals surface area contributed by atoms with E-state index in [0.717, 1.165) is 23.5 Å². The summed E-state index contributed by atoms with van der Waals surface area (Å²) in [5.74, 6) is 1.47. The summed E-state index contributed by atoms with van der Waals surface area (Å²) in [7, 11) is 0. The Morgan fingerprint density at radius 3 is 2.47 bits per heavy atom. The van der Waals surface area contributed by atoms with Crippen LogP contribution in [0.3, 0.4) is 0 Å². The molecule has 1 saturated heterocycles. The molecule has 32 heavy (non-hydrogen) atoms. The number of nitro groups is 1. The fourth-order valence-corrected chi connectivity index (χ4v) is 4.47. The number of amides is 2. The second-order valence-electron chi connectivity index (χ2n) is 8.44. The van der Waals surface area contributed by atoms with Crippen LogP contribution in [0.5, 0.6) is 11.5 Å². The van der Waals surface area contributed by atoms with E-state index in [9.17, 15) is 19.7 Å². The predicted molar refractivity (Wildman–Crippen MR) is 114 cm³/mol. The van der Waals surface area contributed by atoms with Crippen LogP contribution in [0.2, 0.25) is 0 Å². The number of hydrogen-bond acceptors (Lipinski definition) is 6. The van der Waals surface area contributed by atoms with Crippen LogP contribution >= 0.6 is 0 Å². The van der Waals surface area contributed by atoms with Gasteiger partial charge in [0.2, 0.25) is 12.7 Å². The predicted octanol–water partition coefficient (Wildman–Crippen LogP) is 2.72. The number of carbonyl (C=O) groups excluding carboxylic acids is 2. The zero-order valence-corrected chi connectivity index (χ0v) is 17.7. The highest BCUT2D eigenvalue weighted by Crippen LogP contribution is 2.50. The van der Waals surface area contributed by atoms with Crippen molar-refractivity contribution in [3.63, 3.8) is 0 Å². The minimum absolute atomic E-state index is 0.0441.